The van der Waals surface area contributed by atoms with E-state index in [1.54, 1.807) is 7.11 Å². The SMILES string of the molecule is CCNc1cc(OC)c(N)cc1C. The summed E-state index contributed by atoms with van der Waals surface area (Å²) in [5, 5.41) is 3.24. The zero-order chi connectivity index (χ0) is 9.84. The highest BCUT2D eigenvalue weighted by atomic mass is 16.5. The number of benzene rings is 1. The Kier molecular flexibility index (Phi) is 3.01. The highest BCUT2D eigenvalue weighted by molar-refractivity contribution is 5.65. The molecule has 3 N–H and O–H groups in total. The van der Waals surface area contributed by atoms with Gasteiger partial charge >= 0.3 is 0 Å². The van der Waals surface area contributed by atoms with E-state index in [9.17, 15) is 0 Å². The number of nitrogens with two attached hydrogens (primary N) is 1. The molecule has 0 aromatic heterocycles. The molecule has 0 heterocycles. The van der Waals surface area contributed by atoms with Crippen molar-refractivity contribution in [3.63, 3.8) is 0 Å². The average molecular weight is 180 g/mol. The molecule has 0 unspecified atom stereocenters. The molecule has 1 aromatic carbocycles. The van der Waals surface area contributed by atoms with Gasteiger partial charge in [-0.15, -0.1) is 0 Å². The van der Waals surface area contributed by atoms with Crippen molar-refractivity contribution >= 4 is 11.4 Å². The van der Waals surface area contributed by atoms with Gasteiger partial charge in [-0.2, -0.15) is 0 Å². The minimum absolute atomic E-state index is 0.682. The monoisotopic (exact) mass is 180 g/mol. The van der Waals surface area contributed by atoms with E-state index in [0.717, 1.165) is 23.5 Å². The fourth-order valence-corrected chi connectivity index (χ4v) is 1.27. The van der Waals surface area contributed by atoms with Crippen molar-refractivity contribution in [2.24, 2.45) is 0 Å². The molecular formula is C10H16N2O. The summed E-state index contributed by atoms with van der Waals surface area (Å²) < 4.78 is 5.12. The molecule has 0 aliphatic rings. The van der Waals surface area contributed by atoms with Gasteiger partial charge in [-0.1, -0.05) is 0 Å². The maximum atomic E-state index is 5.74. The summed E-state index contributed by atoms with van der Waals surface area (Å²) in [4.78, 5) is 0. The Morgan fingerprint density at radius 3 is 2.69 bits per heavy atom. The van der Waals surface area contributed by atoms with Crippen molar-refractivity contribution in [2.75, 3.05) is 24.7 Å². The molecule has 0 bridgehead atoms. The fourth-order valence-electron chi connectivity index (χ4n) is 1.27. The van der Waals surface area contributed by atoms with E-state index in [-0.39, 0.29) is 0 Å². The number of rotatable bonds is 3. The summed E-state index contributed by atoms with van der Waals surface area (Å²) >= 11 is 0. The fraction of sp³-hybridized carbons (Fsp3) is 0.400. The first kappa shape index (κ1) is 9.71. The summed E-state index contributed by atoms with van der Waals surface area (Å²) in [7, 11) is 1.62. The summed E-state index contributed by atoms with van der Waals surface area (Å²) in [6, 6.07) is 3.84. The van der Waals surface area contributed by atoms with Crippen LogP contribution in [0.3, 0.4) is 0 Å². The number of methoxy groups -OCH3 is 1. The molecule has 3 heteroatoms. The molecule has 1 aromatic rings. The molecule has 13 heavy (non-hydrogen) atoms. The first-order chi connectivity index (χ1) is 6.19. The number of nitrogens with one attached hydrogen (secondary N) is 1. The maximum absolute atomic E-state index is 5.74. The van der Waals surface area contributed by atoms with E-state index < -0.39 is 0 Å². The first-order valence-corrected chi connectivity index (χ1v) is 4.37. The van der Waals surface area contributed by atoms with Gasteiger partial charge in [-0.05, 0) is 25.5 Å². The van der Waals surface area contributed by atoms with Gasteiger partial charge < -0.3 is 15.8 Å². The molecule has 3 nitrogen and oxygen atoms in total. The second-order valence-corrected chi connectivity index (χ2v) is 2.94. The molecule has 0 saturated carbocycles. The van der Waals surface area contributed by atoms with Crippen molar-refractivity contribution in [3.8, 4) is 5.75 Å². The number of nitrogen functional groups attached to an aromatic ring is 1. The van der Waals surface area contributed by atoms with Gasteiger partial charge in [0.25, 0.3) is 0 Å². The molecule has 72 valence electrons. The van der Waals surface area contributed by atoms with Gasteiger partial charge in [0.15, 0.2) is 0 Å². The minimum Gasteiger partial charge on any atom is -0.495 e. The lowest BCUT2D eigenvalue weighted by Crippen LogP contribution is -2.01. The van der Waals surface area contributed by atoms with Gasteiger partial charge in [-0.25, -0.2) is 0 Å². The van der Waals surface area contributed by atoms with Crippen LogP contribution in [0.4, 0.5) is 11.4 Å². The number of hydrogen-bond donors (Lipinski definition) is 2. The van der Waals surface area contributed by atoms with Crippen molar-refractivity contribution in [3.05, 3.63) is 17.7 Å². The van der Waals surface area contributed by atoms with Gasteiger partial charge in [0.1, 0.15) is 5.75 Å². The van der Waals surface area contributed by atoms with E-state index in [1.165, 1.54) is 0 Å². The molecular weight excluding hydrogens is 164 g/mol. The number of anilines is 2. The number of hydrogen-bond acceptors (Lipinski definition) is 3. The Hall–Kier alpha value is -1.38. The molecule has 0 spiro atoms. The molecule has 0 aliphatic heterocycles. The van der Waals surface area contributed by atoms with Crippen LogP contribution in [0.15, 0.2) is 12.1 Å². The Balaban J connectivity index is 3.06. The Labute approximate surface area is 78.9 Å². The molecule has 0 fully saturated rings. The van der Waals surface area contributed by atoms with Crippen LogP contribution in [-0.4, -0.2) is 13.7 Å². The smallest absolute Gasteiger partial charge is 0.143 e. The van der Waals surface area contributed by atoms with Crippen LogP contribution in [-0.2, 0) is 0 Å². The van der Waals surface area contributed by atoms with E-state index in [0.29, 0.717) is 5.69 Å². The molecule has 0 amide bonds. The Morgan fingerprint density at radius 2 is 2.15 bits per heavy atom. The second kappa shape index (κ2) is 4.03. The minimum atomic E-state index is 0.682. The third-order valence-electron chi connectivity index (χ3n) is 1.94. The van der Waals surface area contributed by atoms with Gasteiger partial charge in [-0.3, -0.25) is 0 Å². The highest BCUT2D eigenvalue weighted by Gasteiger charge is 2.03. The van der Waals surface area contributed by atoms with E-state index in [1.807, 2.05) is 19.1 Å². The van der Waals surface area contributed by atoms with E-state index >= 15 is 0 Å². The Morgan fingerprint density at radius 1 is 1.46 bits per heavy atom. The lowest BCUT2D eigenvalue weighted by molar-refractivity contribution is 0.417. The van der Waals surface area contributed by atoms with Crippen LogP contribution in [0, 0.1) is 6.92 Å². The van der Waals surface area contributed by atoms with Crippen LogP contribution in [0.25, 0.3) is 0 Å². The van der Waals surface area contributed by atoms with Gasteiger partial charge in [0.05, 0.1) is 12.8 Å². The predicted octanol–water partition coefficient (Wildman–Crippen LogP) is 2.02. The van der Waals surface area contributed by atoms with Crippen LogP contribution in [0.2, 0.25) is 0 Å². The summed E-state index contributed by atoms with van der Waals surface area (Å²) in [6.45, 7) is 4.98. The van der Waals surface area contributed by atoms with Crippen molar-refractivity contribution in [2.45, 2.75) is 13.8 Å². The quantitative estimate of drug-likeness (QED) is 0.699. The lowest BCUT2D eigenvalue weighted by Gasteiger charge is -2.11. The van der Waals surface area contributed by atoms with Crippen LogP contribution < -0.4 is 15.8 Å². The lowest BCUT2D eigenvalue weighted by atomic mass is 10.1. The maximum Gasteiger partial charge on any atom is 0.143 e. The predicted molar refractivity (Wildman–Crippen MR) is 56.3 cm³/mol. The van der Waals surface area contributed by atoms with Crippen molar-refractivity contribution < 1.29 is 4.74 Å². The summed E-state index contributed by atoms with van der Waals surface area (Å²) in [5.74, 6) is 0.724. The molecule has 0 saturated heterocycles. The third kappa shape index (κ3) is 2.05. The summed E-state index contributed by atoms with van der Waals surface area (Å²) in [6.07, 6.45) is 0. The molecule has 1 rings (SSSR count). The van der Waals surface area contributed by atoms with E-state index in [2.05, 4.69) is 12.2 Å². The molecule has 0 atom stereocenters. The van der Waals surface area contributed by atoms with Crippen LogP contribution >= 0.6 is 0 Å². The number of aryl methyl sites for hydroxylation is 1. The Bertz CT molecular complexity index is 297. The number of ether oxygens (including phenoxy) is 1. The zero-order valence-electron chi connectivity index (χ0n) is 8.35. The van der Waals surface area contributed by atoms with Crippen molar-refractivity contribution in [1.82, 2.24) is 0 Å². The van der Waals surface area contributed by atoms with Crippen LogP contribution in [0.1, 0.15) is 12.5 Å². The van der Waals surface area contributed by atoms with E-state index in [4.69, 9.17) is 10.5 Å². The topological polar surface area (TPSA) is 47.3 Å². The highest BCUT2D eigenvalue weighted by Crippen LogP contribution is 2.28. The standard InChI is InChI=1S/C10H16N2O/c1-4-12-9-6-10(13-3)8(11)5-7(9)2/h5-6,12H,4,11H2,1-3H3. The second-order valence-electron chi connectivity index (χ2n) is 2.94. The van der Waals surface area contributed by atoms with Crippen LogP contribution in [0.5, 0.6) is 5.75 Å². The first-order valence-electron chi connectivity index (χ1n) is 4.37. The molecule has 0 aliphatic carbocycles. The average Bonchev–Trinajstić information content (AvgIpc) is 2.10. The van der Waals surface area contributed by atoms with Crippen molar-refractivity contribution in [1.29, 1.82) is 0 Å². The summed E-state index contributed by atoms with van der Waals surface area (Å²) in [5.41, 5.74) is 8.64. The zero-order valence-corrected chi connectivity index (χ0v) is 8.35. The van der Waals surface area contributed by atoms with Gasteiger partial charge in [0.2, 0.25) is 0 Å². The van der Waals surface area contributed by atoms with Gasteiger partial charge in [0, 0.05) is 18.3 Å². The third-order valence-corrected chi connectivity index (χ3v) is 1.94. The molecule has 0 radical (unpaired) electrons. The largest absolute Gasteiger partial charge is 0.495 e. The normalized spacial score (nSPS) is 9.77.